The molecule has 0 heterocycles. The molecule has 0 bridgehead atoms. The van der Waals surface area contributed by atoms with Gasteiger partial charge in [-0.05, 0) is 24.6 Å². The Balaban J connectivity index is 1.84. The molecule has 0 radical (unpaired) electrons. The molecule has 2 aromatic carbocycles. The highest BCUT2D eigenvalue weighted by atomic mass is 35.5. The second-order valence-corrected chi connectivity index (χ2v) is 5.88. The molecule has 0 spiro atoms. The largest absolute Gasteiger partial charge is 0.347 e. The van der Waals surface area contributed by atoms with Gasteiger partial charge in [-0.15, -0.1) is 0 Å². The molecule has 0 aromatic heterocycles. The molecule has 0 unspecified atom stereocenters. The van der Waals surface area contributed by atoms with Crippen molar-refractivity contribution in [2.24, 2.45) is 0 Å². The van der Waals surface area contributed by atoms with E-state index in [-0.39, 0.29) is 29.8 Å². The first-order valence-corrected chi connectivity index (χ1v) is 7.77. The summed E-state index contributed by atoms with van der Waals surface area (Å²) in [4.78, 5) is 23.7. The fraction of sp³-hybridized carbons (Fsp3) is 0.176. The van der Waals surface area contributed by atoms with Crippen molar-refractivity contribution in [1.82, 2.24) is 5.32 Å². The lowest BCUT2D eigenvalue weighted by Crippen LogP contribution is -2.33. The zero-order valence-electron chi connectivity index (χ0n) is 12.5. The standard InChI is InChI=1S/C17H16Cl2N2O2/c1-11-4-2-5-12(8-11)9-15(22)20-10-16(23)21-14-7-3-6-13(18)17(14)19/h2-8H,9-10H2,1H3,(H,20,22)(H,21,23). The number of hydrogen-bond acceptors (Lipinski definition) is 2. The van der Waals surface area contributed by atoms with E-state index in [2.05, 4.69) is 10.6 Å². The summed E-state index contributed by atoms with van der Waals surface area (Å²) in [5.41, 5.74) is 2.40. The molecule has 6 heteroatoms. The molecule has 2 N–H and O–H groups in total. The van der Waals surface area contributed by atoms with Gasteiger partial charge in [-0.3, -0.25) is 9.59 Å². The average molecular weight is 351 g/mol. The lowest BCUT2D eigenvalue weighted by Gasteiger charge is -2.09. The Morgan fingerprint density at radius 1 is 1.04 bits per heavy atom. The molecule has 2 rings (SSSR count). The number of anilines is 1. The molecule has 0 aliphatic heterocycles. The van der Waals surface area contributed by atoms with Crippen LogP contribution in [0.1, 0.15) is 11.1 Å². The van der Waals surface area contributed by atoms with Crippen molar-refractivity contribution in [2.75, 3.05) is 11.9 Å². The second-order valence-electron chi connectivity index (χ2n) is 5.09. The van der Waals surface area contributed by atoms with Gasteiger partial charge in [0.1, 0.15) is 0 Å². The van der Waals surface area contributed by atoms with Crippen LogP contribution in [0.4, 0.5) is 5.69 Å². The van der Waals surface area contributed by atoms with E-state index in [0.717, 1.165) is 11.1 Å². The van der Waals surface area contributed by atoms with Gasteiger partial charge in [-0.2, -0.15) is 0 Å². The van der Waals surface area contributed by atoms with Crippen molar-refractivity contribution in [2.45, 2.75) is 13.3 Å². The van der Waals surface area contributed by atoms with Crippen molar-refractivity contribution < 1.29 is 9.59 Å². The maximum atomic E-state index is 11.9. The fourth-order valence-electron chi connectivity index (χ4n) is 2.04. The number of rotatable bonds is 5. The number of aryl methyl sites for hydroxylation is 1. The van der Waals surface area contributed by atoms with E-state index in [4.69, 9.17) is 23.2 Å². The van der Waals surface area contributed by atoms with Gasteiger partial charge in [-0.1, -0.05) is 59.1 Å². The smallest absolute Gasteiger partial charge is 0.243 e. The fourth-order valence-corrected chi connectivity index (χ4v) is 2.39. The molecular formula is C17H16Cl2N2O2. The van der Waals surface area contributed by atoms with Crippen molar-refractivity contribution >= 4 is 40.7 Å². The van der Waals surface area contributed by atoms with Gasteiger partial charge >= 0.3 is 0 Å². The van der Waals surface area contributed by atoms with Crippen molar-refractivity contribution in [1.29, 1.82) is 0 Å². The van der Waals surface area contributed by atoms with Gasteiger partial charge in [0.2, 0.25) is 11.8 Å². The van der Waals surface area contributed by atoms with Gasteiger partial charge in [0.05, 0.1) is 28.7 Å². The summed E-state index contributed by atoms with van der Waals surface area (Å²) in [6.45, 7) is 1.83. The van der Waals surface area contributed by atoms with Crippen molar-refractivity contribution in [3.05, 3.63) is 63.6 Å². The van der Waals surface area contributed by atoms with E-state index in [1.54, 1.807) is 18.2 Å². The maximum absolute atomic E-state index is 11.9. The van der Waals surface area contributed by atoms with Crippen LogP contribution in [-0.2, 0) is 16.0 Å². The summed E-state index contributed by atoms with van der Waals surface area (Å²) >= 11 is 11.9. The number of amides is 2. The SMILES string of the molecule is Cc1cccc(CC(=O)NCC(=O)Nc2cccc(Cl)c2Cl)c1. The van der Waals surface area contributed by atoms with Crippen molar-refractivity contribution in [3.63, 3.8) is 0 Å². The first-order chi connectivity index (χ1) is 11.0. The summed E-state index contributed by atoms with van der Waals surface area (Å²) in [6.07, 6.45) is 0.229. The van der Waals surface area contributed by atoms with Crippen LogP contribution in [0.25, 0.3) is 0 Å². The Hall–Kier alpha value is -2.04. The zero-order valence-corrected chi connectivity index (χ0v) is 14.0. The molecule has 23 heavy (non-hydrogen) atoms. The lowest BCUT2D eigenvalue weighted by molar-refractivity contribution is -0.123. The van der Waals surface area contributed by atoms with Crippen molar-refractivity contribution in [3.8, 4) is 0 Å². The minimum absolute atomic E-state index is 0.131. The molecule has 2 aromatic rings. The predicted octanol–water partition coefficient (Wildman–Crippen LogP) is 3.60. The minimum atomic E-state index is -0.369. The minimum Gasteiger partial charge on any atom is -0.347 e. The predicted molar refractivity (Wildman–Crippen MR) is 93.0 cm³/mol. The molecule has 120 valence electrons. The first kappa shape index (κ1) is 17.3. The van der Waals surface area contributed by atoms with Crippen LogP contribution in [0.2, 0.25) is 10.0 Å². The van der Waals surface area contributed by atoms with Crippen LogP contribution >= 0.6 is 23.2 Å². The van der Waals surface area contributed by atoms with E-state index >= 15 is 0 Å². The maximum Gasteiger partial charge on any atom is 0.243 e. The molecule has 0 aliphatic rings. The van der Waals surface area contributed by atoms with Crippen LogP contribution in [-0.4, -0.2) is 18.4 Å². The third kappa shape index (κ3) is 5.27. The third-order valence-corrected chi connectivity index (χ3v) is 3.94. The van der Waals surface area contributed by atoms with Gasteiger partial charge in [0.25, 0.3) is 0 Å². The quantitative estimate of drug-likeness (QED) is 0.865. The van der Waals surface area contributed by atoms with E-state index < -0.39 is 0 Å². The molecule has 2 amide bonds. The highest BCUT2D eigenvalue weighted by Crippen LogP contribution is 2.29. The van der Waals surface area contributed by atoms with Crippen LogP contribution in [0.3, 0.4) is 0 Å². The van der Waals surface area contributed by atoms with Gasteiger partial charge < -0.3 is 10.6 Å². The summed E-state index contributed by atoms with van der Waals surface area (Å²) in [5, 5.41) is 5.81. The normalized spacial score (nSPS) is 10.2. The lowest BCUT2D eigenvalue weighted by atomic mass is 10.1. The van der Waals surface area contributed by atoms with Crippen LogP contribution in [0.15, 0.2) is 42.5 Å². The van der Waals surface area contributed by atoms with Crippen LogP contribution in [0, 0.1) is 6.92 Å². The molecule has 0 saturated heterocycles. The zero-order chi connectivity index (χ0) is 16.8. The highest BCUT2D eigenvalue weighted by molar-refractivity contribution is 6.44. The summed E-state index contributed by atoms with van der Waals surface area (Å²) in [6, 6.07) is 12.6. The van der Waals surface area contributed by atoms with E-state index in [1.807, 2.05) is 31.2 Å². The number of halogens is 2. The van der Waals surface area contributed by atoms with Gasteiger partial charge in [-0.25, -0.2) is 0 Å². The first-order valence-electron chi connectivity index (χ1n) is 7.02. The topological polar surface area (TPSA) is 58.2 Å². The molecule has 0 aliphatic carbocycles. The van der Waals surface area contributed by atoms with E-state index in [9.17, 15) is 9.59 Å². The number of hydrogen-bond donors (Lipinski definition) is 2. The number of carbonyl (C=O) groups excluding carboxylic acids is 2. The Morgan fingerprint density at radius 3 is 2.52 bits per heavy atom. The number of carbonyl (C=O) groups is 2. The van der Waals surface area contributed by atoms with E-state index in [1.165, 1.54) is 0 Å². The second kappa shape index (κ2) is 7.99. The molecule has 4 nitrogen and oxygen atoms in total. The Bertz CT molecular complexity index is 732. The Labute approximate surface area is 144 Å². The Morgan fingerprint density at radius 2 is 1.78 bits per heavy atom. The van der Waals surface area contributed by atoms with Gasteiger partial charge in [0, 0.05) is 0 Å². The average Bonchev–Trinajstić information content (AvgIpc) is 2.50. The third-order valence-electron chi connectivity index (χ3n) is 3.12. The van der Waals surface area contributed by atoms with E-state index in [0.29, 0.717) is 10.7 Å². The summed E-state index contributed by atoms with van der Waals surface area (Å²) in [5.74, 6) is -0.588. The summed E-state index contributed by atoms with van der Waals surface area (Å²) < 4.78 is 0. The monoisotopic (exact) mass is 350 g/mol. The van der Waals surface area contributed by atoms with Gasteiger partial charge in [0.15, 0.2) is 0 Å². The summed E-state index contributed by atoms with van der Waals surface area (Å²) in [7, 11) is 0. The highest BCUT2D eigenvalue weighted by Gasteiger charge is 2.10. The molecule has 0 atom stereocenters. The number of nitrogens with one attached hydrogen (secondary N) is 2. The Kier molecular flexibility index (Phi) is 6.02. The molecule has 0 fully saturated rings. The number of benzene rings is 2. The molecule has 0 saturated carbocycles. The van der Waals surface area contributed by atoms with Crippen LogP contribution < -0.4 is 10.6 Å². The molecular weight excluding hydrogens is 335 g/mol. The van der Waals surface area contributed by atoms with Crippen LogP contribution in [0.5, 0.6) is 0 Å².